The molecule has 4 rings (SSSR count). The molecule has 1 N–H and O–H groups in total. The summed E-state index contributed by atoms with van der Waals surface area (Å²) in [6, 6.07) is 25.8. The first kappa shape index (κ1) is 31.2. The van der Waals surface area contributed by atoms with E-state index < -0.39 is 24.5 Å². The van der Waals surface area contributed by atoms with Gasteiger partial charge < -0.3 is 9.33 Å². The Balaban J connectivity index is 1.46. The summed E-state index contributed by atoms with van der Waals surface area (Å²) in [5.41, 5.74) is 1.61. The number of rotatable bonds is 9. The summed E-state index contributed by atoms with van der Waals surface area (Å²) in [5, 5.41) is 2.09. The Morgan fingerprint density at radius 1 is 0.976 bits per heavy atom. The monoisotopic (exact) mass is 593 g/mol. The predicted molar refractivity (Wildman–Crippen MR) is 167 cm³/mol. The van der Waals surface area contributed by atoms with Gasteiger partial charge >= 0.3 is 0 Å². The van der Waals surface area contributed by atoms with Crippen molar-refractivity contribution in [2.75, 3.05) is 13.1 Å². The lowest BCUT2D eigenvalue weighted by Gasteiger charge is -2.45. The van der Waals surface area contributed by atoms with E-state index in [0.29, 0.717) is 31.0 Å². The minimum Gasteiger partial charge on any atom is -0.396 e. The second kappa shape index (κ2) is 12.6. The number of carbonyl (C=O) groups excluding carboxylic acids is 1. The molecule has 1 aliphatic rings. The Morgan fingerprint density at radius 3 is 2.00 bits per heavy atom. The SMILES string of the molecule is Cc1ccc(S(=O)(=O)O)c(CCC2CCN(C(=O)[C@@H](C)O[Si](c3ccccc3)(c3ccccc3)C(C)(C)C)CC2)c1. The molecule has 0 radical (unpaired) electrons. The highest BCUT2D eigenvalue weighted by Crippen LogP contribution is 2.38. The molecular weight excluding hydrogens is 551 g/mol. The summed E-state index contributed by atoms with van der Waals surface area (Å²) in [5.74, 6) is 0.394. The second-order valence-corrected chi connectivity index (χ2v) is 18.0. The summed E-state index contributed by atoms with van der Waals surface area (Å²) in [4.78, 5) is 15.7. The van der Waals surface area contributed by atoms with Gasteiger partial charge in [-0.2, -0.15) is 8.42 Å². The standard InChI is InChI=1S/C33H43NO5SSi/c1-25-16-19-31(40(36,37)38)28(24-25)18-17-27-20-22-34(23-21-27)32(35)26(2)39-41(33(3,4)5,29-12-8-6-9-13-29)30-14-10-7-11-15-30/h6-16,19,24,26-27H,17-18,20-23H2,1-5H3,(H,36,37,38)/t26-/m1/s1. The molecule has 1 aliphatic heterocycles. The van der Waals surface area contributed by atoms with Gasteiger partial charge in [0, 0.05) is 13.1 Å². The minimum atomic E-state index is -4.26. The van der Waals surface area contributed by atoms with Crippen molar-refractivity contribution in [1.82, 2.24) is 4.90 Å². The summed E-state index contributed by atoms with van der Waals surface area (Å²) in [7, 11) is -7.11. The smallest absolute Gasteiger partial charge is 0.294 e. The van der Waals surface area contributed by atoms with Crippen LogP contribution >= 0.6 is 0 Å². The summed E-state index contributed by atoms with van der Waals surface area (Å²) >= 11 is 0. The Bertz CT molecular complexity index is 1390. The van der Waals surface area contributed by atoms with Crippen LogP contribution in [0, 0.1) is 12.8 Å². The Labute approximate surface area is 246 Å². The molecule has 1 amide bonds. The van der Waals surface area contributed by atoms with Gasteiger partial charge in [-0.1, -0.05) is 99.1 Å². The number of benzene rings is 3. The minimum absolute atomic E-state index is 0.00924. The van der Waals surface area contributed by atoms with E-state index >= 15 is 0 Å². The van der Waals surface area contributed by atoms with Gasteiger partial charge in [-0.05, 0) is 72.5 Å². The Kier molecular flexibility index (Phi) is 9.58. The molecule has 220 valence electrons. The normalized spacial score (nSPS) is 16.0. The molecule has 0 aliphatic carbocycles. The third-order valence-corrected chi connectivity index (χ3v) is 14.4. The van der Waals surface area contributed by atoms with Crippen LogP contribution in [0.25, 0.3) is 0 Å². The first-order chi connectivity index (χ1) is 19.3. The molecule has 1 atom stereocenters. The van der Waals surface area contributed by atoms with Gasteiger partial charge in [-0.3, -0.25) is 9.35 Å². The van der Waals surface area contributed by atoms with Gasteiger partial charge in [0.2, 0.25) is 5.91 Å². The van der Waals surface area contributed by atoms with Gasteiger partial charge in [-0.25, -0.2) is 0 Å². The topological polar surface area (TPSA) is 83.9 Å². The van der Waals surface area contributed by atoms with Crippen LogP contribution in [0.4, 0.5) is 0 Å². The number of nitrogens with zero attached hydrogens (tertiary/aromatic N) is 1. The van der Waals surface area contributed by atoms with Crippen LogP contribution < -0.4 is 10.4 Å². The molecule has 3 aromatic carbocycles. The molecule has 1 saturated heterocycles. The molecule has 1 fully saturated rings. The van der Waals surface area contributed by atoms with E-state index in [4.69, 9.17) is 4.43 Å². The molecular formula is C33H43NO5SSi. The van der Waals surface area contributed by atoms with Crippen molar-refractivity contribution in [3.8, 4) is 0 Å². The van der Waals surface area contributed by atoms with E-state index in [9.17, 15) is 17.8 Å². The fourth-order valence-electron chi connectivity index (χ4n) is 6.22. The van der Waals surface area contributed by atoms with E-state index in [0.717, 1.165) is 35.2 Å². The highest BCUT2D eigenvalue weighted by molar-refractivity contribution is 7.85. The van der Waals surface area contributed by atoms with Crippen molar-refractivity contribution in [3.05, 3.63) is 90.0 Å². The fraction of sp³-hybridized carbons (Fsp3) is 0.424. The number of hydrogen-bond donors (Lipinski definition) is 1. The van der Waals surface area contributed by atoms with Gasteiger partial charge in [0.05, 0.1) is 4.90 Å². The van der Waals surface area contributed by atoms with Crippen molar-refractivity contribution >= 4 is 34.7 Å². The maximum absolute atomic E-state index is 13.8. The van der Waals surface area contributed by atoms with Crippen molar-refractivity contribution in [2.24, 2.45) is 5.92 Å². The number of aryl methyl sites for hydroxylation is 2. The van der Waals surface area contributed by atoms with E-state index in [2.05, 4.69) is 45.0 Å². The molecule has 0 unspecified atom stereocenters. The summed E-state index contributed by atoms with van der Waals surface area (Å²) in [6.45, 7) is 11.7. The first-order valence-corrected chi connectivity index (χ1v) is 17.8. The lowest BCUT2D eigenvalue weighted by Crippen LogP contribution is -2.68. The largest absolute Gasteiger partial charge is 0.396 e. The molecule has 8 heteroatoms. The average molecular weight is 594 g/mol. The van der Waals surface area contributed by atoms with Crippen molar-refractivity contribution < 1.29 is 22.2 Å². The van der Waals surface area contributed by atoms with Gasteiger partial charge in [0.15, 0.2) is 0 Å². The van der Waals surface area contributed by atoms with E-state index in [1.54, 1.807) is 6.07 Å². The second-order valence-electron chi connectivity index (χ2n) is 12.3. The van der Waals surface area contributed by atoms with E-state index in [-0.39, 0.29) is 15.8 Å². The number of amides is 1. The summed E-state index contributed by atoms with van der Waals surface area (Å²) < 4.78 is 40.4. The maximum atomic E-state index is 13.8. The average Bonchev–Trinajstić information content (AvgIpc) is 2.94. The fourth-order valence-corrected chi connectivity index (χ4v) is 11.6. The van der Waals surface area contributed by atoms with Crippen molar-refractivity contribution in [3.63, 3.8) is 0 Å². The third-order valence-electron chi connectivity index (χ3n) is 8.36. The van der Waals surface area contributed by atoms with Crippen molar-refractivity contribution in [1.29, 1.82) is 0 Å². The van der Waals surface area contributed by atoms with Gasteiger partial charge in [0.25, 0.3) is 18.4 Å². The predicted octanol–water partition coefficient (Wildman–Crippen LogP) is 5.38. The lowest BCUT2D eigenvalue weighted by atomic mass is 9.90. The zero-order chi connectivity index (χ0) is 29.8. The van der Waals surface area contributed by atoms with Crippen LogP contribution in [-0.2, 0) is 25.8 Å². The third kappa shape index (κ3) is 7.00. The van der Waals surface area contributed by atoms with E-state index in [1.165, 1.54) is 6.07 Å². The van der Waals surface area contributed by atoms with Crippen LogP contribution in [0.3, 0.4) is 0 Å². The molecule has 1 heterocycles. The maximum Gasteiger partial charge on any atom is 0.294 e. The zero-order valence-corrected chi connectivity index (χ0v) is 26.7. The Morgan fingerprint density at radius 2 is 1.51 bits per heavy atom. The molecule has 41 heavy (non-hydrogen) atoms. The summed E-state index contributed by atoms with van der Waals surface area (Å²) in [6.07, 6.45) is 2.49. The number of carbonyl (C=O) groups is 1. The molecule has 6 nitrogen and oxygen atoms in total. The van der Waals surface area contributed by atoms with Gasteiger partial charge in [-0.15, -0.1) is 0 Å². The number of likely N-dealkylation sites (tertiary alicyclic amines) is 1. The number of piperidine rings is 1. The van der Waals surface area contributed by atoms with Crippen LogP contribution in [0.1, 0.15) is 58.1 Å². The van der Waals surface area contributed by atoms with Crippen molar-refractivity contribution in [2.45, 2.75) is 76.3 Å². The van der Waals surface area contributed by atoms with Gasteiger partial charge in [0.1, 0.15) is 6.10 Å². The highest BCUT2D eigenvalue weighted by atomic mass is 32.2. The molecule has 0 bridgehead atoms. The molecule has 0 saturated carbocycles. The van der Waals surface area contributed by atoms with Crippen LogP contribution in [0.5, 0.6) is 0 Å². The van der Waals surface area contributed by atoms with E-state index in [1.807, 2.05) is 61.2 Å². The first-order valence-electron chi connectivity index (χ1n) is 14.5. The molecule has 3 aromatic rings. The highest BCUT2D eigenvalue weighted by Gasteiger charge is 2.52. The van der Waals surface area contributed by atoms with Crippen LogP contribution in [0.15, 0.2) is 83.8 Å². The molecule has 0 spiro atoms. The Hall–Kier alpha value is -2.78. The number of hydrogen-bond acceptors (Lipinski definition) is 4. The zero-order valence-electron chi connectivity index (χ0n) is 24.8. The molecule has 0 aromatic heterocycles. The van der Waals surface area contributed by atoms with Crippen LogP contribution in [-0.4, -0.2) is 51.3 Å². The lowest BCUT2D eigenvalue weighted by molar-refractivity contribution is -0.139. The van der Waals surface area contributed by atoms with Crippen LogP contribution in [0.2, 0.25) is 5.04 Å². The quantitative estimate of drug-likeness (QED) is 0.266.